The zero-order valence-electron chi connectivity index (χ0n) is 17.0. The van der Waals surface area contributed by atoms with Crippen LogP contribution in [0.3, 0.4) is 0 Å². The van der Waals surface area contributed by atoms with Crippen molar-refractivity contribution in [3.8, 4) is 11.5 Å². The highest BCUT2D eigenvalue weighted by Gasteiger charge is 2.35. The molecule has 2 aromatic carbocycles. The second kappa shape index (κ2) is 8.74. The molecule has 2 atom stereocenters. The van der Waals surface area contributed by atoms with Crippen LogP contribution in [0.4, 0.5) is 5.69 Å². The van der Waals surface area contributed by atoms with E-state index in [1.807, 2.05) is 47.4 Å². The molecule has 0 saturated carbocycles. The van der Waals surface area contributed by atoms with Crippen LogP contribution in [0.1, 0.15) is 48.3 Å². The molecule has 2 aromatic rings. The quantitative estimate of drug-likeness (QED) is 0.759. The largest absolute Gasteiger partial charge is 0.493 e. The molecule has 1 fully saturated rings. The average molecular weight is 396 g/mol. The Bertz CT molecular complexity index is 864. The van der Waals surface area contributed by atoms with Gasteiger partial charge in [0.2, 0.25) is 0 Å². The monoisotopic (exact) mass is 396 g/mol. The zero-order valence-corrected chi connectivity index (χ0v) is 17.0. The van der Waals surface area contributed by atoms with Gasteiger partial charge < -0.3 is 24.4 Å². The normalized spacial score (nSPS) is 20.9. The van der Waals surface area contributed by atoms with Gasteiger partial charge in [-0.25, -0.2) is 0 Å². The van der Waals surface area contributed by atoms with Crippen LogP contribution in [0, 0.1) is 0 Å². The Hall–Kier alpha value is -2.73. The van der Waals surface area contributed by atoms with E-state index >= 15 is 0 Å². The van der Waals surface area contributed by atoms with Crippen molar-refractivity contribution >= 4 is 11.6 Å². The molecule has 0 aliphatic carbocycles. The summed E-state index contributed by atoms with van der Waals surface area (Å²) in [6.45, 7) is 4.02. The van der Waals surface area contributed by atoms with E-state index < -0.39 is 0 Å². The minimum atomic E-state index is -0.296. The number of para-hydroxylation sites is 1. The molecule has 154 valence electrons. The van der Waals surface area contributed by atoms with Crippen molar-refractivity contribution in [2.75, 3.05) is 32.2 Å². The molecule has 0 aromatic heterocycles. The molecule has 2 aliphatic rings. The first kappa shape index (κ1) is 19.6. The molecule has 29 heavy (non-hydrogen) atoms. The van der Waals surface area contributed by atoms with E-state index in [1.54, 1.807) is 7.11 Å². The third-order valence-electron chi connectivity index (χ3n) is 5.41. The van der Waals surface area contributed by atoms with Gasteiger partial charge in [0.1, 0.15) is 6.17 Å². The molecule has 0 bridgehead atoms. The molecular formula is C23H28N2O4. The fourth-order valence-corrected chi connectivity index (χ4v) is 3.94. The number of methoxy groups -OCH3 is 1. The minimum absolute atomic E-state index is 0.0186. The maximum Gasteiger partial charge on any atom is 0.257 e. The lowest BCUT2D eigenvalue weighted by Crippen LogP contribution is -2.46. The molecule has 6 nitrogen and oxygen atoms in total. The number of fused-ring (bicyclic) bond motifs is 1. The topological polar surface area (TPSA) is 60.0 Å². The van der Waals surface area contributed by atoms with E-state index in [9.17, 15) is 4.79 Å². The number of anilines is 1. The van der Waals surface area contributed by atoms with E-state index in [-0.39, 0.29) is 18.2 Å². The van der Waals surface area contributed by atoms with Crippen LogP contribution in [0.2, 0.25) is 0 Å². The Balaban J connectivity index is 1.68. The second-order valence-corrected chi connectivity index (χ2v) is 7.44. The van der Waals surface area contributed by atoms with Crippen molar-refractivity contribution in [1.29, 1.82) is 0 Å². The number of hydrogen-bond donors (Lipinski definition) is 1. The third kappa shape index (κ3) is 4.03. The van der Waals surface area contributed by atoms with Crippen LogP contribution in [-0.4, -0.2) is 43.8 Å². The number of nitrogens with one attached hydrogen (secondary N) is 1. The summed E-state index contributed by atoms with van der Waals surface area (Å²) >= 11 is 0. The van der Waals surface area contributed by atoms with Crippen molar-refractivity contribution in [1.82, 2.24) is 4.90 Å². The smallest absolute Gasteiger partial charge is 0.257 e. The standard InChI is InChI=1S/C23H28N2O4/c1-3-12-29-20-11-10-16(14-21(20)27-2)22-24-19-9-5-4-8-18(19)23(26)25(22)15-17-7-6-13-28-17/h4-5,8-11,14,17,22,24H,3,6-7,12-13,15H2,1-2H3. The molecule has 2 heterocycles. The predicted octanol–water partition coefficient (Wildman–Crippen LogP) is 4.23. The first-order valence-electron chi connectivity index (χ1n) is 10.3. The fourth-order valence-electron chi connectivity index (χ4n) is 3.94. The lowest BCUT2D eigenvalue weighted by Gasteiger charge is -2.39. The van der Waals surface area contributed by atoms with Gasteiger partial charge in [-0.15, -0.1) is 0 Å². The molecule has 1 saturated heterocycles. The number of carbonyl (C=O) groups excluding carboxylic acids is 1. The molecule has 1 N–H and O–H groups in total. The average Bonchev–Trinajstić information content (AvgIpc) is 3.27. The van der Waals surface area contributed by atoms with Crippen molar-refractivity contribution in [2.45, 2.75) is 38.5 Å². The summed E-state index contributed by atoms with van der Waals surface area (Å²) in [5.74, 6) is 1.40. The Morgan fingerprint density at radius 3 is 2.83 bits per heavy atom. The Kier molecular flexibility index (Phi) is 5.90. The summed E-state index contributed by atoms with van der Waals surface area (Å²) in [4.78, 5) is 15.2. The number of ether oxygens (including phenoxy) is 3. The van der Waals surface area contributed by atoms with Crippen molar-refractivity contribution in [2.24, 2.45) is 0 Å². The Labute approximate surface area is 171 Å². The summed E-state index contributed by atoms with van der Waals surface area (Å²) in [7, 11) is 1.64. The fraction of sp³-hybridized carbons (Fsp3) is 0.435. The van der Waals surface area contributed by atoms with E-state index in [2.05, 4.69) is 12.2 Å². The minimum Gasteiger partial charge on any atom is -0.493 e. The lowest BCUT2D eigenvalue weighted by atomic mass is 10.0. The van der Waals surface area contributed by atoms with Gasteiger partial charge in [0, 0.05) is 18.8 Å². The van der Waals surface area contributed by atoms with Crippen molar-refractivity contribution in [3.05, 3.63) is 53.6 Å². The highest BCUT2D eigenvalue weighted by Crippen LogP contribution is 2.37. The van der Waals surface area contributed by atoms with Crippen LogP contribution in [0.5, 0.6) is 11.5 Å². The van der Waals surface area contributed by atoms with Gasteiger partial charge in [-0.1, -0.05) is 25.1 Å². The maximum absolute atomic E-state index is 13.3. The van der Waals surface area contributed by atoms with Crippen molar-refractivity contribution < 1.29 is 19.0 Å². The first-order valence-corrected chi connectivity index (χ1v) is 10.3. The molecule has 6 heteroatoms. The highest BCUT2D eigenvalue weighted by atomic mass is 16.5. The number of hydrogen-bond acceptors (Lipinski definition) is 5. The van der Waals surface area contributed by atoms with Crippen LogP contribution >= 0.6 is 0 Å². The van der Waals surface area contributed by atoms with Gasteiger partial charge in [0.05, 0.1) is 25.4 Å². The SMILES string of the molecule is CCCOc1ccc(C2Nc3ccccc3C(=O)N2CC2CCCO2)cc1OC. The number of carbonyl (C=O) groups is 1. The molecule has 2 unspecified atom stereocenters. The van der Waals surface area contributed by atoms with Crippen LogP contribution in [-0.2, 0) is 4.74 Å². The van der Waals surface area contributed by atoms with Gasteiger partial charge in [0.25, 0.3) is 5.91 Å². The Morgan fingerprint density at radius 2 is 2.07 bits per heavy atom. The summed E-state index contributed by atoms with van der Waals surface area (Å²) in [5, 5.41) is 3.53. The summed E-state index contributed by atoms with van der Waals surface area (Å²) in [6, 6.07) is 13.5. The maximum atomic E-state index is 13.3. The number of amides is 1. The van der Waals surface area contributed by atoms with Gasteiger partial charge in [-0.05, 0) is 49.1 Å². The summed E-state index contributed by atoms with van der Waals surface area (Å²) < 4.78 is 17.2. The summed E-state index contributed by atoms with van der Waals surface area (Å²) in [6.07, 6.45) is 2.72. The van der Waals surface area contributed by atoms with Gasteiger partial charge in [0.15, 0.2) is 11.5 Å². The number of rotatable bonds is 7. The zero-order chi connectivity index (χ0) is 20.2. The molecular weight excluding hydrogens is 368 g/mol. The second-order valence-electron chi connectivity index (χ2n) is 7.44. The molecule has 4 rings (SSSR count). The van der Waals surface area contributed by atoms with E-state index in [0.717, 1.165) is 37.1 Å². The molecule has 0 spiro atoms. The van der Waals surface area contributed by atoms with Crippen LogP contribution < -0.4 is 14.8 Å². The van der Waals surface area contributed by atoms with E-state index in [4.69, 9.17) is 14.2 Å². The lowest BCUT2D eigenvalue weighted by molar-refractivity contribution is 0.0426. The van der Waals surface area contributed by atoms with E-state index in [1.165, 1.54) is 0 Å². The van der Waals surface area contributed by atoms with Crippen LogP contribution in [0.15, 0.2) is 42.5 Å². The Morgan fingerprint density at radius 1 is 1.21 bits per heavy atom. The van der Waals surface area contributed by atoms with Crippen LogP contribution in [0.25, 0.3) is 0 Å². The van der Waals surface area contributed by atoms with Crippen molar-refractivity contribution in [3.63, 3.8) is 0 Å². The van der Waals surface area contributed by atoms with Gasteiger partial charge >= 0.3 is 0 Å². The third-order valence-corrected chi connectivity index (χ3v) is 5.41. The highest BCUT2D eigenvalue weighted by molar-refractivity contribution is 6.01. The van der Waals surface area contributed by atoms with Gasteiger partial charge in [-0.3, -0.25) is 4.79 Å². The molecule has 0 radical (unpaired) electrons. The number of benzene rings is 2. The molecule has 2 aliphatic heterocycles. The first-order chi connectivity index (χ1) is 14.2. The molecule has 1 amide bonds. The number of nitrogens with zero attached hydrogens (tertiary/aromatic N) is 1. The van der Waals surface area contributed by atoms with E-state index in [0.29, 0.717) is 30.2 Å². The van der Waals surface area contributed by atoms with Gasteiger partial charge in [-0.2, -0.15) is 0 Å². The summed E-state index contributed by atoms with van der Waals surface area (Å²) in [5.41, 5.74) is 2.49. The predicted molar refractivity (Wildman–Crippen MR) is 112 cm³/mol.